The second kappa shape index (κ2) is 6.25. The van der Waals surface area contributed by atoms with Crippen LogP contribution in [0.4, 0.5) is 0 Å². The maximum atomic E-state index is 12.3. The highest BCUT2D eigenvalue weighted by Crippen LogP contribution is 2.53. The van der Waals surface area contributed by atoms with Gasteiger partial charge in [-0.3, -0.25) is 0 Å². The Morgan fingerprint density at radius 3 is 2.76 bits per heavy atom. The first-order valence-corrected chi connectivity index (χ1v) is 9.10. The number of methoxy groups -OCH3 is 1. The number of phenols is 1. The van der Waals surface area contributed by atoms with Gasteiger partial charge in [0.1, 0.15) is 11.5 Å². The first-order valence-electron chi connectivity index (χ1n) is 9.10. The predicted octanol–water partition coefficient (Wildman–Crippen LogP) is 4.25. The number of phenolic OH excluding ortho intramolecular Hbond substituents is 1. The zero-order valence-corrected chi connectivity index (χ0v) is 14.4. The summed E-state index contributed by atoms with van der Waals surface area (Å²) in [6.45, 7) is 0. The Bertz CT molecular complexity index is 761. The molecule has 4 heteroatoms. The lowest BCUT2D eigenvalue weighted by Crippen LogP contribution is -2.33. The van der Waals surface area contributed by atoms with Crippen molar-refractivity contribution in [1.29, 1.82) is 0 Å². The highest BCUT2D eigenvalue weighted by Gasteiger charge is 2.43. The second-order valence-corrected chi connectivity index (χ2v) is 7.51. The summed E-state index contributed by atoms with van der Waals surface area (Å²) >= 11 is 0. The maximum Gasteiger partial charge on any atom is 0.338 e. The Balaban J connectivity index is 1.76. The van der Waals surface area contributed by atoms with E-state index in [1.165, 1.54) is 20.0 Å². The predicted molar refractivity (Wildman–Crippen MR) is 94.7 cm³/mol. The van der Waals surface area contributed by atoms with Crippen LogP contribution in [0.25, 0.3) is 0 Å². The lowest BCUT2D eigenvalue weighted by atomic mass is 9.64. The van der Waals surface area contributed by atoms with Gasteiger partial charge in [0.15, 0.2) is 0 Å². The van der Waals surface area contributed by atoms with Gasteiger partial charge in [0.2, 0.25) is 0 Å². The first-order chi connectivity index (χ1) is 12.1. The molecule has 4 nitrogen and oxygen atoms in total. The van der Waals surface area contributed by atoms with Crippen molar-refractivity contribution in [2.45, 2.75) is 38.0 Å². The third-order valence-electron chi connectivity index (χ3n) is 6.30. The summed E-state index contributed by atoms with van der Waals surface area (Å²) in [7, 11) is 1.38. The number of allylic oxidation sites excluding steroid dienone is 3. The van der Waals surface area contributed by atoms with Gasteiger partial charge >= 0.3 is 5.97 Å². The van der Waals surface area contributed by atoms with E-state index in [0.29, 0.717) is 35.0 Å². The van der Waals surface area contributed by atoms with E-state index >= 15 is 0 Å². The Morgan fingerprint density at radius 1 is 1.20 bits per heavy atom. The number of ether oxygens (including phenoxy) is 1. The van der Waals surface area contributed by atoms with Crippen LogP contribution in [0.5, 0.6) is 5.75 Å². The number of aliphatic hydroxyl groups is 1. The van der Waals surface area contributed by atoms with E-state index in [9.17, 15) is 15.0 Å². The summed E-state index contributed by atoms with van der Waals surface area (Å²) in [6.07, 6.45) is 11.0. The number of esters is 1. The minimum atomic E-state index is -0.376. The molecule has 0 spiro atoms. The van der Waals surface area contributed by atoms with Crippen LogP contribution in [-0.4, -0.2) is 23.3 Å². The second-order valence-electron chi connectivity index (χ2n) is 7.51. The van der Waals surface area contributed by atoms with Crippen molar-refractivity contribution in [3.63, 3.8) is 0 Å². The average Bonchev–Trinajstić information content (AvgIpc) is 3.11. The van der Waals surface area contributed by atoms with E-state index in [0.717, 1.165) is 30.4 Å². The molecule has 1 aromatic rings. The van der Waals surface area contributed by atoms with Gasteiger partial charge < -0.3 is 14.9 Å². The fraction of sp³-hybridized carbons (Fsp3) is 0.476. The van der Waals surface area contributed by atoms with Crippen LogP contribution in [0.2, 0.25) is 0 Å². The molecular weight excluding hydrogens is 316 g/mol. The third kappa shape index (κ3) is 2.74. The van der Waals surface area contributed by atoms with Crippen molar-refractivity contribution in [2.24, 2.45) is 17.8 Å². The number of hydrogen-bond acceptors (Lipinski definition) is 4. The zero-order chi connectivity index (χ0) is 17.6. The topological polar surface area (TPSA) is 66.8 Å². The third-order valence-corrected chi connectivity index (χ3v) is 6.30. The lowest BCUT2D eigenvalue weighted by Gasteiger charge is -2.40. The summed E-state index contributed by atoms with van der Waals surface area (Å²) in [4.78, 5) is 12.3. The molecular formula is C21H24O4. The Hall–Kier alpha value is -2.23. The van der Waals surface area contributed by atoms with Gasteiger partial charge in [0, 0.05) is 0 Å². The van der Waals surface area contributed by atoms with E-state index in [1.807, 2.05) is 12.1 Å². The molecule has 132 valence electrons. The number of aliphatic hydroxyl groups excluding tert-OH is 1. The molecule has 0 saturated heterocycles. The molecule has 3 aliphatic rings. The van der Waals surface area contributed by atoms with E-state index in [1.54, 1.807) is 12.1 Å². The minimum Gasteiger partial charge on any atom is -0.508 e. The van der Waals surface area contributed by atoms with Crippen molar-refractivity contribution in [3.8, 4) is 5.75 Å². The highest BCUT2D eigenvalue weighted by molar-refractivity contribution is 5.92. The molecule has 25 heavy (non-hydrogen) atoms. The largest absolute Gasteiger partial charge is 0.508 e. The van der Waals surface area contributed by atoms with E-state index in [4.69, 9.17) is 4.74 Å². The molecule has 0 aliphatic heterocycles. The lowest BCUT2D eigenvalue weighted by molar-refractivity contribution is 0.0597. The summed E-state index contributed by atoms with van der Waals surface area (Å²) in [6, 6.07) is 3.39. The van der Waals surface area contributed by atoms with Crippen LogP contribution >= 0.6 is 0 Å². The van der Waals surface area contributed by atoms with E-state index in [2.05, 4.69) is 6.08 Å². The van der Waals surface area contributed by atoms with Crippen molar-refractivity contribution < 1.29 is 19.7 Å². The monoisotopic (exact) mass is 340 g/mol. The van der Waals surface area contributed by atoms with Crippen LogP contribution in [0, 0.1) is 17.8 Å². The standard InChI is InChI=1S/C21H24O4/c1-25-21(24)20-10-14(23)9-18-16-4-2-3-15(16)17(11-19(18)20)12-5-7-13(22)8-6-12/h5,7-10,12,15-17,22-23H,2-4,6,11H2,1H3/t12?,15-,16+,17-/m0/s1. The number of carbonyl (C=O) groups excluding carboxylic acids is 1. The molecule has 0 aromatic heterocycles. The van der Waals surface area contributed by atoms with Crippen molar-refractivity contribution >= 4 is 5.97 Å². The van der Waals surface area contributed by atoms with Crippen LogP contribution in [0.3, 0.4) is 0 Å². The molecule has 4 rings (SSSR count). The zero-order valence-electron chi connectivity index (χ0n) is 14.4. The fourth-order valence-electron chi connectivity index (χ4n) is 5.22. The molecule has 1 saturated carbocycles. The van der Waals surface area contributed by atoms with Crippen LogP contribution < -0.4 is 0 Å². The molecule has 1 unspecified atom stereocenters. The molecule has 0 bridgehead atoms. The van der Waals surface area contributed by atoms with Gasteiger partial charge in [-0.15, -0.1) is 0 Å². The molecule has 4 atom stereocenters. The fourth-order valence-corrected chi connectivity index (χ4v) is 5.22. The number of aromatic hydroxyl groups is 1. The number of rotatable bonds is 2. The number of benzene rings is 1. The minimum absolute atomic E-state index is 0.147. The van der Waals surface area contributed by atoms with E-state index < -0.39 is 0 Å². The number of hydrogen-bond donors (Lipinski definition) is 2. The summed E-state index contributed by atoms with van der Waals surface area (Å²) < 4.78 is 4.96. The molecule has 3 aliphatic carbocycles. The van der Waals surface area contributed by atoms with Crippen molar-refractivity contribution in [2.75, 3.05) is 7.11 Å². The van der Waals surface area contributed by atoms with Gasteiger partial charge in [-0.1, -0.05) is 12.5 Å². The quantitative estimate of drug-likeness (QED) is 0.790. The Labute approximate surface area is 147 Å². The van der Waals surface area contributed by atoms with Crippen LogP contribution in [-0.2, 0) is 11.2 Å². The molecule has 0 amide bonds. The molecule has 2 N–H and O–H groups in total. The first kappa shape index (κ1) is 16.2. The van der Waals surface area contributed by atoms with Crippen LogP contribution in [0.15, 0.2) is 36.1 Å². The Morgan fingerprint density at radius 2 is 2.04 bits per heavy atom. The molecule has 0 heterocycles. The SMILES string of the molecule is COC(=O)c1cc(O)cc2c1C[C@@H](C1C=CC(O)=CC1)[C@H]1CCC[C@@H]21. The van der Waals surface area contributed by atoms with Gasteiger partial charge in [0.25, 0.3) is 0 Å². The van der Waals surface area contributed by atoms with Gasteiger partial charge in [-0.2, -0.15) is 0 Å². The van der Waals surface area contributed by atoms with Crippen molar-refractivity contribution in [3.05, 3.63) is 52.8 Å². The van der Waals surface area contributed by atoms with Crippen LogP contribution in [0.1, 0.15) is 53.1 Å². The normalized spacial score (nSPS) is 30.4. The van der Waals surface area contributed by atoms with E-state index in [-0.39, 0.29) is 11.7 Å². The molecule has 1 aromatic carbocycles. The van der Waals surface area contributed by atoms with Gasteiger partial charge in [-0.25, -0.2) is 4.79 Å². The summed E-state index contributed by atoms with van der Waals surface area (Å²) in [5.41, 5.74) is 2.69. The number of fused-ring (bicyclic) bond motifs is 3. The average molecular weight is 340 g/mol. The van der Waals surface area contributed by atoms with Gasteiger partial charge in [-0.05, 0) is 84.8 Å². The van der Waals surface area contributed by atoms with Gasteiger partial charge in [0.05, 0.1) is 12.7 Å². The summed E-state index contributed by atoms with van der Waals surface area (Å²) in [5, 5.41) is 19.8. The summed E-state index contributed by atoms with van der Waals surface area (Å²) in [5.74, 6) is 1.92. The van der Waals surface area contributed by atoms with Crippen molar-refractivity contribution in [1.82, 2.24) is 0 Å². The smallest absolute Gasteiger partial charge is 0.338 e. The molecule has 1 fully saturated rings. The Kier molecular flexibility index (Phi) is 4.06. The number of carbonyl (C=O) groups is 1. The maximum absolute atomic E-state index is 12.3. The molecule has 0 radical (unpaired) electrons. The highest BCUT2D eigenvalue weighted by atomic mass is 16.5.